The Hall–Kier alpha value is -1.05. The zero-order valence-electron chi connectivity index (χ0n) is 9.64. The molecule has 0 aromatic carbocycles. The molecule has 7 heteroatoms. The zero-order valence-corrected chi connectivity index (χ0v) is 11.2. The van der Waals surface area contributed by atoms with Gasteiger partial charge in [-0.2, -0.15) is 0 Å². The Kier molecular flexibility index (Phi) is 5.46. The van der Waals surface area contributed by atoms with E-state index in [0.717, 1.165) is 0 Å². The maximum Gasteiger partial charge on any atom is 0.291 e. The molecule has 94 valence electrons. The molecule has 0 aliphatic heterocycles. The topological polar surface area (TPSA) is 77.3 Å². The van der Waals surface area contributed by atoms with Crippen molar-refractivity contribution in [1.82, 2.24) is 10.3 Å². The van der Waals surface area contributed by atoms with E-state index in [0.29, 0.717) is 23.2 Å². The maximum atomic E-state index is 10.9. The molecule has 0 bridgehead atoms. The van der Waals surface area contributed by atoms with E-state index in [2.05, 4.69) is 26.2 Å². The molecule has 1 rings (SSSR count). The van der Waals surface area contributed by atoms with Crippen molar-refractivity contribution in [2.75, 3.05) is 20.8 Å². The van der Waals surface area contributed by atoms with Crippen LogP contribution in [0.25, 0.3) is 0 Å². The Morgan fingerprint density at radius 2 is 2.41 bits per heavy atom. The van der Waals surface area contributed by atoms with E-state index in [1.54, 1.807) is 20.4 Å². The van der Waals surface area contributed by atoms with Crippen LogP contribution < -0.4 is 5.32 Å². The molecule has 0 aliphatic rings. The predicted molar refractivity (Wildman–Crippen MR) is 67.0 cm³/mol. The van der Waals surface area contributed by atoms with E-state index in [1.165, 1.54) is 6.07 Å². The Morgan fingerprint density at radius 3 is 2.94 bits per heavy atom. The maximum absolute atomic E-state index is 10.9. The van der Waals surface area contributed by atoms with Crippen LogP contribution >= 0.6 is 15.9 Å². The van der Waals surface area contributed by atoms with Gasteiger partial charge in [-0.05, 0) is 23.0 Å². The second kappa shape index (κ2) is 6.63. The molecule has 6 nitrogen and oxygen atoms in total. The third-order valence-electron chi connectivity index (χ3n) is 2.33. The van der Waals surface area contributed by atoms with Crippen molar-refractivity contribution < 1.29 is 9.66 Å². The molecule has 0 spiro atoms. The highest BCUT2D eigenvalue weighted by Crippen LogP contribution is 2.22. The number of ether oxygens (including phenoxy) is 1. The smallest absolute Gasteiger partial charge is 0.291 e. The minimum Gasteiger partial charge on any atom is -0.383 e. The highest BCUT2D eigenvalue weighted by atomic mass is 79.9. The second-order valence-electron chi connectivity index (χ2n) is 3.52. The summed E-state index contributed by atoms with van der Waals surface area (Å²) < 4.78 is 5.62. The SMILES string of the molecule is CNC(COC)Cc1ncc(Br)cc1[N+](=O)[O-]. The molecule has 1 aromatic rings. The van der Waals surface area contributed by atoms with E-state index < -0.39 is 4.92 Å². The highest BCUT2D eigenvalue weighted by molar-refractivity contribution is 9.10. The number of hydrogen-bond acceptors (Lipinski definition) is 5. The number of hydrogen-bond donors (Lipinski definition) is 1. The summed E-state index contributed by atoms with van der Waals surface area (Å²) in [5.74, 6) is 0. The van der Waals surface area contributed by atoms with Crippen molar-refractivity contribution >= 4 is 21.6 Å². The van der Waals surface area contributed by atoms with Gasteiger partial charge in [-0.25, -0.2) is 0 Å². The second-order valence-corrected chi connectivity index (χ2v) is 4.44. The zero-order chi connectivity index (χ0) is 12.8. The largest absolute Gasteiger partial charge is 0.383 e. The Morgan fingerprint density at radius 1 is 1.71 bits per heavy atom. The molecule has 1 atom stereocenters. The lowest BCUT2D eigenvalue weighted by molar-refractivity contribution is -0.386. The van der Waals surface area contributed by atoms with Gasteiger partial charge in [0, 0.05) is 36.3 Å². The number of likely N-dealkylation sites (N-methyl/N-ethyl adjacent to an activating group) is 1. The summed E-state index contributed by atoms with van der Waals surface area (Å²) in [5, 5.41) is 13.9. The van der Waals surface area contributed by atoms with Gasteiger partial charge in [0.25, 0.3) is 5.69 Å². The van der Waals surface area contributed by atoms with Gasteiger partial charge in [-0.3, -0.25) is 15.1 Å². The number of aromatic nitrogens is 1. The van der Waals surface area contributed by atoms with Crippen LogP contribution in [0.15, 0.2) is 16.7 Å². The van der Waals surface area contributed by atoms with Crippen LogP contribution in [0.4, 0.5) is 5.69 Å². The highest BCUT2D eigenvalue weighted by Gasteiger charge is 2.19. The molecule has 1 unspecified atom stereocenters. The monoisotopic (exact) mass is 303 g/mol. The van der Waals surface area contributed by atoms with Crippen LogP contribution in [-0.4, -0.2) is 36.7 Å². The van der Waals surface area contributed by atoms with Gasteiger partial charge in [-0.15, -0.1) is 0 Å². The van der Waals surface area contributed by atoms with Gasteiger partial charge in [0.2, 0.25) is 0 Å². The van der Waals surface area contributed by atoms with Crippen LogP contribution in [-0.2, 0) is 11.2 Å². The minimum absolute atomic E-state index is 0.00683. The molecule has 17 heavy (non-hydrogen) atoms. The summed E-state index contributed by atoms with van der Waals surface area (Å²) >= 11 is 3.17. The number of methoxy groups -OCH3 is 1. The van der Waals surface area contributed by atoms with E-state index >= 15 is 0 Å². The third kappa shape index (κ3) is 4.03. The average molecular weight is 304 g/mol. The molecule has 0 aliphatic carbocycles. The summed E-state index contributed by atoms with van der Waals surface area (Å²) in [7, 11) is 3.38. The quantitative estimate of drug-likeness (QED) is 0.637. The fraction of sp³-hybridized carbons (Fsp3) is 0.500. The predicted octanol–water partition coefficient (Wildman–Crippen LogP) is 1.53. The molecule has 1 aromatic heterocycles. The summed E-state index contributed by atoms with van der Waals surface area (Å²) in [6, 6.07) is 1.47. The van der Waals surface area contributed by atoms with Crippen LogP contribution in [0.5, 0.6) is 0 Å². The lowest BCUT2D eigenvalue weighted by atomic mass is 10.1. The molecule has 0 saturated heterocycles. The molecule has 0 amide bonds. The normalized spacial score (nSPS) is 12.4. The van der Waals surface area contributed by atoms with Gasteiger partial charge in [0.15, 0.2) is 0 Å². The van der Waals surface area contributed by atoms with E-state index in [9.17, 15) is 10.1 Å². The molecule has 0 fully saturated rings. The minimum atomic E-state index is -0.424. The molecule has 0 radical (unpaired) electrons. The fourth-order valence-electron chi connectivity index (χ4n) is 1.45. The number of rotatable bonds is 6. The lowest BCUT2D eigenvalue weighted by Gasteiger charge is -2.14. The lowest BCUT2D eigenvalue weighted by Crippen LogP contribution is -2.32. The summed E-state index contributed by atoms with van der Waals surface area (Å²) in [6.45, 7) is 0.478. The summed E-state index contributed by atoms with van der Waals surface area (Å²) in [6.07, 6.45) is 2.01. The number of nitrogens with one attached hydrogen (secondary N) is 1. The van der Waals surface area contributed by atoms with Crippen molar-refractivity contribution in [2.24, 2.45) is 0 Å². The number of pyridine rings is 1. The van der Waals surface area contributed by atoms with Gasteiger partial charge < -0.3 is 10.1 Å². The molecule has 1 heterocycles. The average Bonchev–Trinajstić information content (AvgIpc) is 2.30. The van der Waals surface area contributed by atoms with Crippen LogP contribution in [0.3, 0.4) is 0 Å². The fourth-order valence-corrected chi connectivity index (χ4v) is 1.77. The van der Waals surface area contributed by atoms with Crippen LogP contribution in [0.1, 0.15) is 5.69 Å². The van der Waals surface area contributed by atoms with Gasteiger partial charge in [0.1, 0.15) is 5.69 Å². The Balaban J connectivity index is 2.92. The van der Waals surface area contributed by atoms with Crippen molar-refractivity contribution in [3.8, 4) is 0 Å². The van der Waals surface area contributed by atoms with Crippen LogP contribution in [0, 0.1) is 10.1 Å². The van der Waals surface area contributed by atoms with Crippen molar-refractivity contribution in [2.45, 2.75) is 12.5 Å². The first-order valence-electron chi connectivity index (χ1n) is 5.03. The summed E-state index contributed by atoms with van der Waals surface area (Å²) in [4.78, 5) is 14.6. The molecule has 1 N–H and O–H groups in total. The van der Waals surface area contributed by atoms with Crippen LogP contribution in [0.2, 0.25) is 0 Å². The molecular weight excluding hydrogens is 290 g/mol. The van der Waals surface area contributed by atoms with Crippen molar-refractivity contribution in [3.05, 3.63) is 32.5 Å². The first kappa shape index (κ1) is 14.0. The van der Waals surface area contributed by atoms with E-state index in [-0.39, 0.29) is 11.7 Å². The Bertz CT molecular complexity index is 400. The van der Waals surface area contributed by atoms with Gasteiger partial charge in [-0.1, -0.05) is 0 Å². The first-order valence-corrected chi connectivity index (χ1v) is 5.82. The van der Waals surface area contributed by atoms with Crippen molar-refractivity contribution in [3.63, 3.8) is 0 Å². The van der Waals surface area contributed by atoms with Gasteiger partial charge >= 0.3 is 0 Å². The third-order valence-corrected chi connectivity index (χ3v) is 2.76. The van der Waals surface area contributed by atoms with E-state index in [4.69, 9.17) is 4.74 Å². The van der Waals surface area contributed by atoms with Gasteiger partial charge in [0.05, 0.1) is 11.5 Å². The Labute approximate surface area is 108 Å². The summed E-state index contributed by atoms with van der Waals surface area (Å²) in [5.41, 5.74) is 0.477. The number of nitrogens with zero attached hydrogens (tertiary/aromatic N) is 2. The number of halogens is 1. The first-order chi connectivity index (χ1) is 8.08. The standard InChI is InChI=1S/C10H14BrN3O3/c1-12-8(6-17-2)4-9-10(14(15)16)3-7(11)5-13-9/h3,5,8,12H,4,6H2,1-2H3. The number of nitro groups is 1. The van der Waals surface area contributed by atoms with E-state index in [1.807, 2.05) is 0 Å². The molecule has 0 saturated carbocycles. The van der Waals surface area contributed by atoms with Crippen molar-refractivity contribution in [1.29, 1.82) is 0 Å². The molecular formula is C10H14BrN3O3.